The topological polar surface area (TPSA) is 75.3 Å². The van der Waals surface area contributed by atoms with E-state index < -0.39 is 9.84 Å². The maximum Gasteiger partial charge on any atom is 0.319 e. The average molecular weight is 338 g/mol. The van der Waals surface area contributed by atoms with E-state index in [0.717, 1.165) is 4.88 Å². The number of amides is 2. The van der Waals surface area contributed by atoms with Crippen LogP contribution >= 0.6 is 11.3 Å². The van der Waals surface area contributed by atoms with Crippen LogP contribution in [0.25, 0.3) is 0 Å². The summed E-state index contributed by atoms with van der Waals surface area (Å²) in [5.74, 6) is 0.0542. The highest BCUT2D eigenvalue weighted by Gasteiger charge is 2.12. The Morgan fingerprint density at radius 3 is 2.45 bits per heavy atom. The maximum atomic E-state index is 11.9. The van der Waals surface area contributed by atoms with Gasteiger partial charge < -0.3 is 10.6 Å². The predicted octanol–water partition coefficient (Wildman–Crippen LogP) is 3.42. The summed E-state index contributed by atoms with van der Waals surface area (Å²) >= 11 is 1.58. The van der Waals surface area contributed by atoms with Gasteiger partial charge in [-0.05, 0) is 42.6 Å². The van der Waals surface area contributed by atoms with Gasteiger partial charge in [0.25, 0.3) is 0 Å². The standard InChI is InChI=1S/C15H18N2O3S2/c1-3-22(19,20)13-8-6-12(7-9-13)17-15(18)16-11(2)14-5-4-10-21-14/h4-11H,3H2,1-2H3,(H2,16,17,18). The molecular formula is C15H18N2O3S2. The van der Waals surface area contributed by atoms with Crippen LogP contribution in [0.2, 0.25) is 0 Å². The first-order chi connectivity index (χ1) is 10.4. The van der Waals surface area contributed by atoms with Gasteiger partial charge in [0.1, 0.15) is 0 Å². The summed E-state index contributed by atoms with van der Waals surface area (Å²) in [6.07, 6.45) is 0. The van der Waals surface area contributed by atoms with Crippen molar-refractivity contribution in [2.24, 2.45) is 0 Å². The van der Waals surface area contributed by atoms with E-state index in [1.807, 2.05) is 24.4 Å². The van der Waals surface area contributed by atoms with Crippen LogP contribution in [0.1, 0.15) is 24.8 Å². The summed E-state index contributed by atoms with van der Waals surface area (Å²) in [6.45, 7) is 3.50. The fourth-order valence-electron chi connectivity index (χ4n) is 1.88. The van der Waals surface area contributed by atoms with Crippen LogP contribution in [0.3, 0.4) is 0 Å². The molecule has 0 fully saturated rings. The number of hydrogen-bond acceptors (Lipinski definition) is 4. The Labute approximate surface area is 134 Å². The zero-order valence-corrected chi connectivity index (χ0v) is 14.0. The van der Waals surface area contributed by atoms with Crippen molar-refractivity contribution in [2.45, 2.75) is 24.8 Å². The summed E-state index contributed by atoms with van der Waals surface area (Å²) < 4.78 is 23.4. The third kappa shape index (κ3) is 4.08. The molecule has 0 aliphatic carbocycles. The van der Waals surface area contributed by atoms with Crippen LogP contribution in [-0.2, 0) is 9.84 Å². The molecule has 2 N–H and O–H groups in total. The van der Waals surface area contributed by atoms with Gasteiger partial charge in [0.2, 0.25) is 0 Å². The number of anilines is 1. The molecule has 0 bridgehead atoms. The summed E-state index contributed by atoms with van der Waals surface area (Å²) in [5.41, 5.74) is 0.547. The van der Waals surface area contributed by atoms with Crippen LogP contribution in [0.15, 0.2) is 46.7 Å². The number of hydrogen-bond donors (Lipinski definition) is 2. The fraction of sp³-hybridized carbons (Fsp3) is 0.267. The molecule has 2 amide bonds. The second kappa shape index (κ2) is 6.93. The lowest BCUT2D eigenvalue weighted by molar-refractivity contribution is 0.249. The number of nitrogens with one attached hydrogen (secondary N) is 2. The Morgan fingerprint density at radius 2 is 1.91 bits per heavy atom. The van der Waals surface area contributed by atoms with E-state index in [-0.39, 0.29) is 22.7 Å². The quantitative estimate of drug-likeness (QED) is 0.877. The molecule has 7 heteroatoms. The third-order valence-electron chi connectivity index (χ3n) is 3.17. The lowest BCUT2D eigenvalue weighted by Crippen LogP contribution is -2.30. The number of urea groups is 1. The second-order valence-electron chi connectivity index (χ2n) is 4.76. The number of carbonyl (C=O) groups excluding carboxylic acids is 1. The highest BCUT2D eigenvalue weighted by molar-refractivity contribution is 7.91. The largest absolute Gasteiger partial charge is 0.331 e. The number of benzene rings is 1. The first-order valence-corrected chi connectivity index (χ1v) is 9.39. The highest BCUT2D eigenvalue weighted by atomic mass is 32.2. The first kappa shape index (κ1) is 16.5. The Hall–Kier alpha value is -1.86. The van der Waals surface area contributed by atoms with Gasteiger partial charge in [-0.2, -0.15) is 0 Å². The van der Waals surface area contributed by atoms with Gasteiger partial charge in [0.15, 0.2) is 9.84 Å². The predicted molar refractivity (Wildman–Crippen MR) is 89.1 cm³/mol. The molecule has 2 rings (SSSR count). The Balaban J connectivity index is 1.97. The molecule has 0 aliphatic heterocycles. The summed E-state index contributed by atoms with van der Waals surface area (Å²) in [6, 6.07) is 9.64. The van der Waals surface area contributed by atoms with Gasteiger partial charge in [-0.15, -0.1) is 11.3 Å². The summed E-state index contributed by atoms with van der Waals surface area (Å²) in [5, 5.41) is 7.48. The smallest absolute Gasteiger partial charge is 0.319 e. The zero-order chi connectivity index (χ0) is 16.2. The minimum absolute atomic E-state index is 0.0542. The second-order valence-corrected chi connectivity index (χ2v) is 8.02. The molecule has 0 radical (unpaired) electrons. The van der Waals surface area contributed by atoms with Crippen LogP contribution in [0.5, 0.6) is 0 Å². The molecule has 1 aromatic heterocycles. The molecule has 118 valence electrons. The van der Waals surface area contributed by atoms with Crippen LogP contribution in [-0.4, -0.2) is 20.2 Å². The number of thiophene rings is 1. The van der Waals surface area contributed by atoms with Crippen molar-refractivity contribution in [2.75, 3.05) is 11.1 Å². The molecule has 0 saturated carbocycles. The molecule has 22 heavy (non-hydrogen) atoms. The van der Waals surface area contributed by atoms with Crippen LogP contribution in [0.4, 0.5) is 10.5 Å². The van der Waals surface area contributed by atoms with Gasteiger partial charge in [0.05, 0.1) is 16.7 Å². The third-order valence-corrected chi connectivity index (χ3v) is 5.97. The lowest BCUT2D eigenvalue weighted by atomic mass is 10.3. The molecule has 1 heterocycles. The molecule has 0 saturated heterocycles. The normalized spacial score (nSPS) is 12.6. The Morgan fingerprint density at radius 1 is 1.23 bits per heavy atom. The van der Waals surface area contributed by atoms with Gasteiger partial charge in [-0.25, -0.2) is 13.2 Å². The fourth-order valence-corrected chi connectivity index (χ4v) is 3.50. The average Bonchev–Trinajstić information content (AvgIpc) is 3.02. The van der Waals surface area contributed by atoms with E-state index >= 15 is 0 Å². The number of carbonyl (C=O) groups is 1. The molecule has 1 atom stereocenters. The molecule has 5 nitrogen and oxygen atoms in total. The Bertz CT molecular complexity index is 723. The first-order valence-electron chi connectivity index (χ1n) is 6.86. The SMILES string of the molecule is CCS(=O)(=O)c1ccc(NC(=O)NC(C)c2cccs2)cc1. The molecule has 0 aliphatic rings. The molecular weight excluding hydrogens is 320 g/mol. The van der Waals surface area contributed by atoms with E-state index in [2.05, 4.69) is 10.6 Å². The van der Waals surface area contributed by atoms with E-state index in [1.54, 1.807) is 30.4 Å². The molecule has 1 aromatic carbocycles. The van der Waals surface area contributed by atoms with Crippen LogP contribution < -0.4 is 10.6 Å². The van der Waals surface area contributed by atoms with E-state index in [9.17, 15) is 13.2 Å². The minimum atomic E-state index is -3.22. The number of rotatable bonds is 5. The van der Waals surface area contributed by atoms with E-state index in [0.29, 0.717) is 5.69 Å². The van der Waals surface area contributed by atoms with Crippen LogP contribution in [0, 0.1) is 0 Å². The molecule has 2 aromatic rings. The minimum Gasteiger partial charge on any atom is -0.331 e. The van der Waals surface area contributed by atoms with Crippen molar-refractivity contribution in [3.8, 4) is 0 Å². The zero-order valence-electron chi connectivity index (χ0n) is 12.4. The highest BCUT2D eigenvalue weighted by Crippen LogP contribution is 2.19. The lowest BCUT2D eigenvalue weighted by Gasteiger charge is -2.13. The van der Waals surface area contributed by atoms with Crippen molar-refractivity contribution in [1.82, 2.24) is 5.32 Å². The maximum absolute atomic E-state index is 11.9. The number of sulfone groups is 1. The monoisotopic (exact) mass is 338 g/mol. The van der Waals surface area contributed by atoms with Crippen molar-refractivity contribution < 1.29 is 13.2 Å². The van der Waals surface area contributed by atoms with E-state index in [4.69, 9.17) is 0 Å². The van der Waals surface area contributed by atoms with Gasteiger partial charge >= 0.3 is 6.03 Å². The molecule has 1 unspecified atom stereocenters. The van der Waals surface area contributed by atoms with Crippen molar-refractivity contribution in [3.63, 3.8) is 0 Å². The van der Waals surface area contributed by atoms with Crippen molar-refractivity contribution in [1.29, 1.82) is 0 Å². The van der Waals surface area contributed by atoms with E-state index in [1.165, 1.54) is 12.1 Å². The van der Waals surface area contributed by atoms with Gasteiger partial charge in [-0.1, -0.05) is 13.0 Å². The Kier molecular flexibility index (Phi) is 5.20. The van der Waals surface area contributed by atoms with Gasteiger partial charge in [0, 0.05) is 10.6 Å². The summed E-state index contributed by atoms with van der Waals surface area (Å²) in [4.78, 5) is 13.2. The van der Waals surface area contributed by atoms with Gasteiger partial charge in [-0.3, -0.25) is 0 Å². The molecule has 0 spiro atoms. The van der Waals surface area contributed by atoms with Crippen molar-refractivity contribution >= 4 is 32.9 Å². The summed E-state index contributed by atoms with van der Waals surface area (Å²) in [7, 11) is -3.22. The van der Waals surface area contributed by atoms with Crippen molar-refractivity contribution in [3.05, 3.63) is 46.7 Å².